The molecule has 5 amide bonds. The molecule has 1 aliphatic heterocycles. The molecule has 136 valence electrons. The van der Waals surface area contributed by atoms with Gasteiger partial charge in [0, 0.05) is 12.7 Å². The van der Waals surface area contributed by atoms with Gasteiger partial charge in [-0.2, -0.15) is 5.10 Å². The molecule has 0 aliphatic carbocycles. The number of carbonyl (C=O) groups excluding carboxylic acids is 3. The first-order chi connectivity index (χ1) is 12.3. The SMILES string of the molecule is Cc1nc(C(C)NC(=O)Nc2cccc(N3C(=O)CN(C)C3=O)c2)n[nH]1. The number of aromatic nitrogens is 3. The van der Waals surface area contributed by atoms with Crippen LogP contribution in [0, 0.1) is 6.92 Å². The molecule has 0 radical (unpaired) electrons. The van der Waals surface area contributed by atoms with Gasteiger partial charge in [-0.1, -0.05) is 6.07 Å². The normalized spacial score (nSPS) is 15.3. The summed E-state index contributed by atoms with van der Waals surface area (Å²) >= 11 is 0. The van der Waals surface area contributed by atoms with Crippen LogP contribution < -0.4 is 15.5 Å². The van der Waals surface area contributed by atoms with E-state index in [9.17, 15) is 14.4 Å². The number of anilines is 2. The van der Waals surface area contributed by atoms with E-state index in [1.54, 1.807) is 45.2 Å². The van der Waals surface area contributed by atoms with Crippen molar-refractivity contribution in [2.75, 3.05) is 23.8 Å². The van der Waals surface area contributed by atoms with Gasteiger partial charge in [-0.15, -0.1) is 0 Å². The van der Waals surface area contributed by atoms with Gasteiger partial charge in [0.25, 0.3) is 5.91 Å². The molecule has 1 fully saturated rings. The zero-order valence-electron chi connectivity index (χ0n) is 14.6. The highest BCUT2D eigenvalue weighted by molar-refractivity contribution is 6.19. The van der Waals surface area contributed by atoms with Crippen LogP contribution in [0.4, 0.5) is 21.0 Å². The maximum Gasteiger partial charge on any atom is 0.331 e. The molecule has 0 saturated carbocycles. The van der Waals surface area contributed by atoms with Crippen molar-refractivity contribution < 1.29 is 14.4 Å². The fourth-order valence-electron chi connectivity index (χ4n) is 2.58. The number of imide groups is 1. The number of urea groups is 2. The van der Waals surface area contributed by atoms with Gasteiger partial charge in [-0.3, -0.25) is 9.89 Å². The molecule has 2 aromatic rings. The van der Waals surface area contributed by atoms with Crippen molar-refractivity contribution in [1.82, 2.24) is 25.4 Å². The quantitative estimate of drug-likeness (QED) is 0.714. The Morgan fingerprint density at radius 2 is 2.12 bits per heavy atom. The number of nitrogens with one attached hydrogen (secondary N) is 3. The Morgan fingerprint density at radius 1 is 1.35 bits per heavy atom. The smallest absolute Gasteiger partial charge is 0.328 e. The molecule has 1 aromatic heterocycles. The summed E-state index contributed by atoms with van der Waals surface area (Å²) in [5, 5.41) is 12.1. The summed E-state index contributed by atoms with van der Waals surface area (Å²) in [4.78, 5) is 42.8. The lowest BCUT2D eigenvalue weighted by molar-refractivity contribution is -0.116. The van der Waals surface area contributed by atoms with Gasteiger partial charge in [0.1, 0.15) is 12.4 Å². The molecule has 1 aliphatic rings. The average Bonchev–Trinajstić information content (AvgIpc) is 3.11. The Hall–Kier alpha value is -3.43. The second kappa shape index (κ2) is 6.82. The summed E-state index contributed by atoms with van der Waals surface area (Å²) in [6.07, 6.45) is 0. The predicted molar refractivity (Wildman–Crippen MR) is 93.6 cm³/mol. The third-order valence-electron chi connectivity index (χ3n) is 3.85. The number of aromatic amines is 1. The third kappa shape index (κ3) is 3.48. The van der Waals surface area contributed by atoms with Crippen molar-refractivity contribution in [1.29, 1.82) is 0 Å². The number of rotatable bonds is 4. The average molecular weight is 357 g/mol. The first-order valence-electron chi connectivity index (χ1n) is 7.99. The second-order valence-electron chi connectivity index (χ2n) is 6.02. The van der Waals surface area contributed by atoms with Crippen molar-refractivity contribution in [2.45, 2.75) is 19.9 Å². The topological polar surface area (TPSA) is 123 Å². The predicted octanol–water partition coefficient (Wildman–Crippen LogP) is 1.39. The van der Waals surface area contributed by atoms with Crippen LogP contribution in [0.5, 0.6) is 0 Å². The summed E-state index contributed by atoms with van der Waals surface area (Å²) in [6.45, 7) is 3.56. The molecule has 10 nitrogen and oxygen atoms in total. The monoisotopic (exact) mass is 357 g/mol. The van der Waals surface area contributed by atoms with E-state index in [4.69, 9.17) is 0 Å². The summed E-state index contributed by atoms with van der Waals surface area (Å²) in [7, 11) is 1.56. The molecule has 10 heteroatoms. The summed E-state index contributed by atoms with van der Waals surface area (Å²) < 4.78 is 0. The third-order valence-corrected chi connectivity index (χ3v) is 3.85. The van der Waals surface area contributed by atoms with E-state index < -0.39 is 18.1 Å². The van der Waals surface area contributed by atoms with Gasteiger partial charge in [0.15, 0.2) is 5.82 Å². The maximum absolute atomic E-state index is 12.2. The van der Waals surface area contributed by atoms with Gasteiger partial charge in [-0.25, -0.2) is 19.5 Å². The zero-order valence-corrected chi connectivity index (χ0v) is 14.6. The molecule has 3 N–H and O–H groups in total. The largest absolute Gasteiger partial charge is 0.331 e. The fourth-order valence-corrected chi connectivity index (χ4v) is 2.58. The first kappa shape index (κ1) is 17.4. The highest BCUT2D eigenvalue weighted by Gasteiger charge is 2.34. The number of likely N-dealkylation sites (N-methyl/N-ethyl adjacent to an activating group) is 1. The van der Waals surface area contributed by atoms with Gasteiger partial charge < -0.3 is 15.5 Å². The Morgan fingerprint density at radius 3 is 2.73 bits per heavy atom. The van der Waals surface area contributed by atoms with E-state index in [-0.39, 0.29) is 12.5 Å². The molecular weight excluding hydrogens is 338 g/mol. The minimum absolute atomic E-state index is 0.0323. The van der Waals surface area contributed by atoms with E-state index in [1.165, 1.54) is 4.90 Å². The number of aryl methyl sites for hydroxylation is 1. The van der Waals surface area contributed by atoms with Gasteiger partial charge >= 0.3 is 12.1 Å². The summed E-state index contributed by atoms with van der Waals surface area (Å²) in [6, 6.07) is 5.29. The van der Waals surface area contributed by atoms with Crippen LogP contribution >= 0.6 is 0 Å². The highest BCUT2D eigenvalue weighted by Crippen LogP contribution is 2.23. The van der Waals surface area contributed by atoms with Crippen molar-refractivity contribution in [3.8, 4) is 0 Å². The fraction of sp³-hybridized carbons (Fsp3) is 0.312. The van der Waals surface area contributed by atoms with Gasteiger partial charge in [-0.05, 0) is 32.0 Å². The van der Waals surface area contributed by atoms with Crippen LogP contribution in [0.1, 0.15) is 24.6 Å². The Labute approximate surface area is 149 Å². The zero-order chi connectivity index (χ0) is 18.8. The summed E-state index contributed by atoms with van der Waals surface area (Å²) in [5.74, 6) is 0.821. The van der Waals surface area contributed by atoms with Crippen molar-refractivity contribution in [3.05, 3.63) is 35.9 Å². The molecule has 2 heterocycles. The molecule has 1 unspecified atom stereocenters. The van der Waals surface area contributed by atoms with Crippen LogP contribution in [-0.2, 0) is 4.79 Å². The molecule has 26 heavy (non-hydrogen) atoms. The van der Waals surface area contributed by atoms with Crippen molar-refractivity contribution in [3.63, 3.8) is 0 Å². The molecule has 1 saturated heterocycles. The van der Waals surface area contributed by atoms with Crippen LogP contribution in [0.3, 0.4) is 0 Å². The van der Waals surface area contributed by atoms with Gasteiger partial charge in [0.2, 0.25) is 0 Å². The number of amides is 5. The Balaban J connectivity index is 1.68. The molecule has 0 bridgehead atoms. The lowest BCUT2D eigenvalue weighted by Crippen LogP contribution is -2.32. The molecule has 3 rings (SSSR count). The van der Waals surface area contributed by atoms with E-state index in [2.05, 4.69) is 25.8 Å². The number of carbonyl (C=O) groups is 3. The van der Waals surface area contributed by atoms with Crippen molar-refractivity contribution in [2.24, 2.45) is 0 Å². The van der Waals surface area contributed by atoms with Crippen LogP contribution in [-0.4, -0.2) is 51.6 Å². The molecule has 1 aromatic carbocycles. The Kier molecular flexibility index (Phi) is 4.57. The van der Waals surface area contributed by atoms with E-state index in [1.807, 2.05) is 0 Å². The summed E-state index contributed by atoms with van der Waals surface area (Å²) in [5.41, 5.74) is 0.855. The highest BCUT2D eigenvalue weighted by atomic mass is 16.2. The van der Waals surface area contributed by atoms with Crippen molar-refractivity contribution >= 4 is 29.3 Å². The maximum atomic E-state index is 12.2. The van der Waals surface area contributed by atoms with Crippen LogP contribution in [0.15, 0.2) is 24.3 Å². The van der Waals surface area contributed by atoms with E-state index in [0.29, 0.717) is 23.0 Å². The minimum atomic E-state index is -0.451. The molecular formula is C16H19N7O3. The number of benzene rings is 1. The number of hydrogen-bond donors (Lipinski definition) is 3. The lowest BCUT2D eigenvalue weighted by Gasteiger charge is -2.16. The molecule has 0 spiro atoms. The minimum Gasteiger partial charge on any atom is -0.328 e. The number of H-pyrrole nitrogens is 1. The van der Waals surface area contributed by atoms with E-state index in [0.717, 1.165) is 4.90 Å². The second-order valence-corrected chi connectivity index (χ2v) is 6.02. The molecule has 1 atom stereocenters. The van der Waals surface area contributed by atoms with E-state index >= 15 is 0 Å². The van der Waals surface area contributed by atoms with Gasteiger partial charge in [0.05, 0.1) is 11.7 Å². The number of nitrogens with zero attached hydrogens (tertiary/aromatic N) is 4. The lowest BCUT2D eigenvalue weighted by atomic mass is 10.2. The first-order valence-corrected chi connectivity index (χ1v) is 7.99. The van der Waals surface area contributed by atoms with Crippen LogP contribution in [0.25, 0.3) is 0 Å². The van der Waals surface area contributed by atoms with Crippen LogP contribution in [0.2, 0.25) is 0 Å². The Bertz CT molecular complexity index is 863. The standard InChI is InChI=1S/C16H19N7O3/c1-9(14-18-10(2)20-21-14)17-15(25)19-11-5-4-6-12(7-11)23-13(24)8-22(3)16(23)26/h4-7,9H,8H2,1-3H3,(H2,17,19,25)(H,18,20,21). The number of hydrogen-bond acceptors (Lipinski definition) is 5.